The number of nitrogen functional groups attached to an aromatic ring is 1. The average molecular weight is 291 g/mol. The molecule has 0 bridgehead atoms. The summed E-state index contributed by atoms with van der Waals surface area (Å²) in [6.45, 7) is 2.35. The molecule has 0 saturated heterocycles. The minimum Gasteiger partial charge on any atom is -0.384 e. The summed E-state index contributed by atoms with van der Waals surface area (Å²) in [5, 5.41) is 8.28. The number of amides is 3. The molecule has 0 radical (unpaired) electrons. The highest BCUT2D eigenvalue weighted by Gasteiger charge is 2.42. The molecule has 0 aliphatic heterocycles. The Balaban J connectivity index is 2.08. The van der Waals surface area contributed by atoms with Gasteiger partial charge in [0.05, 0.1) is 11.9 Å². The van der Waals surface area contributed by atoms with Crippen LogP contribution in [-0.2, 0) is 4.79 Å². The van der Waals surface area contributed by atoms with Crippen LogP contribution in [0.15, 0.2) is 18.3 Å². The van der Waals surface area contributed by atoms with Gasteiger partial charge in [0, 0.05) is 6.54 Å². The van der Waals surface area contributed by atoms with Gasteiger partial charge in [-0.2, -0.15) is 0 Å². The molecule has 21 heavy (non-hydrogen) atoms. The average Bonchev–Trinajstić information content (AvgIpc) is 2.91. The van der Waals surface area contributed by atoms with E-state index in [1.165, 1.54) is 6.20 Å². The van der Waals surface area contributed by atoms with E-state index in [1.807, 2.05) is 6.92 Å². The number of nitrogens with two attached hydrogens (primary N) is 1. The molecule has 3 amide bonds. The number of nitrogens with zero attached hydrogens (tertiary/aromatic N) is 1. The van der Waals surface area contributed by atoms with Gasteiger partial charge < -0.3 is 21.7 Å². The highest BCUT2D eigenvalue weighted by molar-refractivity contribution is 6.00. The molecule has 1 fully saturated rings. The quantitative estimate of drug-likeness (QED) is 0.669. The van der Waals surface area contributed by atoms with E-state index in [0.29, 0.717) is 30.9 Å². The maximum Gasteiger partial charge on any atom is 0.315 e. The molecule has 1 aromatic rings. The molecular weight excluding hydrogens is 270 g/mol. The Morgan fingerprint density at radius 3 is 2.62 bits per heavy atom. The third-order valence-corrected chi connectivity index (χ3v) is 3.63. The van der Waals surface area contributed by atoms with Crippen molar-refractivity contribution in [2.24, 2.45) is 0 Å². The predicted molar refractivity (Wildman–Crippen MR) is 80.7 cm³/mol. The minimum absolute atomic E-state index is 0.210. The molecule has 114 valence electrons. The van der Waals surface area contributed by atoms with Crippen molar-refractivity contribution in [3.63, 3.8) is 0 Å². The second kappa shape index (κ2) is 6.43. The summed E-state index contributed by atoms with van der Waals surface area (Å²) in [6, 6.07) is 2.99. The first kappa shape index (κ1) is 15.1. The zero-order valence-corrected chi connectivity index (χ0v) is 12.1. The molecule has 0 aromatic carbocycles. The molecule has 0 spiro atoms. The van der Waals surface area contributed by atoms with Crippen LogP contribution in [0.25, 0.3) is 0 Å². The largest absolute Gasteiger partial charge is 0.384 e. The van der Waals surface area contributed by atoms with Crippen molar-refractivity contribution in [3.8, 4) is 0 Å². The Kier molecular flexibility index (Phi) is 4.62. The first-order valence-corrected chi connectivity index (χ1v) is 7.15. The Hall–Kier alpha value is -2.31. The monoisotopic (exact) mass is 291 g/mol. The van der Waals surface area contributed by atoms with E-state index in [0.717, 1.165) is 12.8 Å². The fraction of sp³-hybridized carbons (Fsp3) is 0.500. The van der Waals surface area contributed by atoms with Crippen LogP contribution in [0, 0.1) is 0 Å². The molecule has 5 N–H and O–H groups in total. The molecule has 2 rings (SSSR count). The minimum atomic E-state index is -0.847. The Bertz CT molecular complexity index is 509. The molecule has 7 heteroatoms. The van der Waals surface area contributed by atoms with Gasteiger partial charge in [-0.15, -0.1) is 0 Å². The summed E-state index contributed by atoms with van der Waals surface area (Å²) in [4.78, 5) is 28.3. The molecule has 1 aromatic heterocycles. The van der Waals surface area contributed by atoms with Gasteiger partial charge in [-0.05, 0) is 31.9 Å². The van der Waals surface area contributed by atoms with E-state index in [1.54, 1.807) is 12.1 Å². The fourth-order valence-electron chi connectivity index (χ4n) is 2.54. The summed E-state index contributed by atoms with van der Waals surface area (Å²) >= 11 is 0. The fourth-order valence-corrected chi connectivity index (χ4v) is 2.54. The smallest absolute Gasteiger partial charge is 0.315 e. The summed E-state index contributed by atoms with van der Waals surface area (Å²) in [7, 11) is 0. The molecule has 1 heterocycles. The number of carbonyl (C=O) groups is 2. The van der Waals surface area contributed by atoms with Crippen molar-refractivity contribution >= 4 is 23.4 Å². The van der Waals surface area contributed by atoms with Crippen LogP contribution in [0.5, 0.6) is 0 Å². The van der Waals surface area contributed by atoms with Gasteiger partial charge in [0.15, 0.2) is 0 Å². The van der Waals surface area contributed by atoms with Crippen molar-refractivity contribution in [2.75, 3.05) is 17.6 Å². The van der Waals surface area contributed by atoms with Gasteiger partial charge in [0.25, 0.3) is 0 Å². The zero-order chi connectivity index (χ0) is 15.3. The van der Waals surface area contributed by atoms with Crippen LogP contribution in [0.3, 0.4) is 0 Å². The van der Waals surface area contributed by atoms with Crippen molar-refractivity contribution in [2.45, 2.75) is 38.1 Å². The number of aromatic nitrogens is 1. The molecular formula is C14H21N5O2. The van der Waals surface area contributed by atoms with Crippen molar-refractivity contribution in [3.05, 3.63) is 18.3 Å². The van der Waals surface area contributed by atoms with Gasteiger partial charge in [0.1, 0.15) is 11.4 Å². The molecule has 1 aliphatic carbocycles. The first-order valence-electron chi connectivity index (χ1n) is 7.15. The number of pyridine rings is 1. The summed E-state index contributed by atoms with van der Waals surface area (Å²) in [5.74, 6) is 0.182. The van der Waals surface area contributed by atoms with Gasteiger partial charge in [-0.1, -0.05) is 12.8 Å². The van der Waals surface area contributed by atoms with E-state index >= 15 is 0 Å². The lowest BCUT2D eigenvalue weighted by Gasteiger charge is -2.29. The Labute approximate surface area is 123 Å². The SMILES string of the molecule is CCNC(=O)NC1(C(=O)Nc2ccc(N)nc2)CCCC1. The van der Waals surface area contributed by atoms with Gasteiger partial charge >= 0.3 is 6.03 Å². The second-order valence-corrected chi connectivity index (χ2v) is 5.20. The molecule has 1 aliphatic rings. The van der Waals surface area contributed by atoms with Crippen LogP contribution in [0.1, 0.15) is 32.6 Å². The second-order valence-electron chi connectivity index (χ2n) is 5.20. The van der Waals surface area contributed by atoms with E-state index in [-0.39, 0.29) is 11.9 Å². The van der Waals surface area contributed by atoms with Crippen molar-refractivity contribution in [1.29, 1.82) is 0 Å². The molecule has 0 unspecified atom stereocenters. The van der Waals surface area contributed by atoms with Crippen molar-refractivity contribution < 1.29 is 9.59 Å². The van der Waals surface area contributed by atoms with E-state index in [4.69, 9.17) is 5.73 Å². The summed E-state index contributed by atoms with van der Waals surface area (Å²) in [5.41, 5.74) is 5.24. The topological polar surface area (TPSA) is 109 Å². The summed E-state index contributed by atoms with van der Waals surface area (Å²) in [6.07, 6.45) is 4.61. The number of hydrogen-bond donors (Lipinski definition) is 4. The molecule has 7 nitrogen and oxygen atoms in total. The third kappa shape index (κ3) is 3.62. The van der Waals surface area contributed by atoms with E-state index < -0.39 is 5.54 Å². The van der Waals surface area contributed by atoms with Gasteiger partial charge in [0.2, 0.25) is 5.91 Å². The van der Waals surface area contributed by atoms with Crippen LogP contribution in [-0.4, -0.2) is 29.0 Å². The van der Waals surface area contributed by atoms with Crippen LogP contribution in [0.2, 0.25) is 0 Å². The van der Waals surface area contributed by atoms with Crippen molar-refractivity contribution in [1.82, 2.24) is 15.6 Å². The standard InChI is InChI=1S/C14H21N5O2/c1-2-16-13(21)19-14(7-3-4-8-14)12(20)18-10-5-6-11(15)17-9-10/h5-6,9H,2-4,7-8H2,1H3,(H2,15,17)(H,18,20)(H2,16,19,21). The number of urea groups is 1. The third-order valence-electron chi connectivity index (χ3n) is 3.63. The maximum atomic E-state index is 12.5. The van der Waals surface area contributed by atoms with Crippen LogP contribution < -0.4 is 21.7 Å². The number of hydrogen-bond acceptors (Lipinski definition) is 4. The Morgan fingerprint density at radius 2 is 2.05 bits per heavy atom. The maximum absolute atomic E-state index is 12.5. The lowest BCUT2D eigenvalue weighted by atomic mass is 9.96. The van der Waals surface area contributed by atoms with Crippen LogP contribution in [0.4, 0.5) is 16.3 Å². The van der Waals surface area contributed by atoms with E-state index in [2.05, 4.69) is 20.9 Å². The zero-order valence-electron chi connectivity index (χ0n) is 12.1. The van der Waals surface area contributed by atoms with Crippen LogP contribution >= 0.6 is 0 Å². The molecule has 1 saturated carbocycles. The van der Waals surface area contributed by atoms with Gasteiger partial charge in [-0.3, -0.25) is 4.79 Å². The highest BCUT2D eigenvalue weighted by atomic mass is 16.2. The molecule has 0 atom stereocenters. The summed E-state index contributed by atoms with van der Waals surface area (Å²) < 4.78 is 0. The highest BCUT2D eigenvalue weighted by Crippen LogP contribution is 2.31. The normalized spacial score (nSPS) is 16.2. The number of nitrogens with one attached hydrogen (secondary N) is 3. The van der Waals surface area contributed by atoms with Gasteiger partial charge in [-0.25, -0.2) is 9.78 Å². The van der Waals surface area contributed by atoms with E-state index in [9.17, 15) is 9.59 Å². The lowest BCUT2D eigenvalue weighted by molar-refractivity contribution is -0.121. The predicted octanol–water partition coefficient (Wildman–Crippen LogP) is 1.23. The lowest BCUT2D eigenvalue weighted by Crippen LogP contribution is -2.57. The Morgan fingerprint density at radius 1 is 1.33 bits per heavy atom. The number of anilines is 2. The number of carbonyl (C=O) groups excluding carboxylic acids is 2. The number of rotatable bonds is 4. The first-order chi connectivity index (χ1) is 10.1.